The zero-order chi connectivity index (χ0) is 30.5. The van der Waals surface area contributed by atoms with Crippen LogP contribution in [0, 0.1) is 0 Å². The van der Waals surface area contributed by atoms with Gasteiger partial charge >= 0.3 is 0 Å². The third kappa shape index (κ3) is 4.40. The minimum Gasteiger partial charge on any atom is -0.485 e. The lowest BCUT2D eigenvalue weighted by Crippen LogP contribution is -2.49. The molecule has 0 aromatic heterocycles. The summed E-state index contributed by atoms with van der Waals surface area (Å²) in [5, 5.41) is 32.9. The Labute approximate surface area is 287 Å². The van der Waals surface area contributed by atoms with Crippen molar-refractivity contribution in [3.05, 3.63) is 107 Å². The Balaban J connectivity index is 1.18. The third-order valence-corrected chi connectivity index (χ3v) is 11.4. The molecule has 5 unspecified atom stereocenters. The van der Waals surface area contributed by atoms with Crippen LogP contribution >= 0.6 is 63.7 Å². The molecule has 5 atom stereocenters. The highest BCUT2D eigenvalue weighted by atomic mass is 79.9. The average molecular weight is 850 g/mol. The summed E-state index contributed by atoms with van der Waals surface area (Å²) < 4.78 is 23.4. The van der Waals surface area contributed by atoms with Crippen molar-refractivity contribution in [3.8, 4) is 28.0 Å². The molecular weight excluding hydrogens is 824 g/mol. The molecule has 4 aliphatic rings. The first-order valence-electron chi connectivity index (χ1n) is 14.3. The van der Waals surface area contributed by atoms with Gasteiger partial charge < -0.3 is 29.5 Å². The molecule has 2 aliphatic heterocycles. The van der Waals surface area contributed by atoms with E-state index >= 15 is 0 Å². The van der Waals surface area contributed by atoms with Crippen LogP contribution in [0.3, 0.4) is 0 Å². The van der Waals surface area contributed by atoms with E-state index in [4.69, 9.17) is 14.2 Å². The normalized spacial score (nSPS) is 27.6. The molecule has 6 nitrogen and oxygen atoms in total. The Bertz CT molecular complexity index is 1790. The fourth-order valence-electron chi connectivity index (χ4n) is 7.48. The first-order chi connectivity index (χ1) is 21.1. The summed E-state index contributed by atoms with van der Waals surface area (Å²) in [7, 11) is 0. The number of fused-ring (bicyclic) bond motifs is 10. The number of hydrogen-bond acceptors (Lipinski definition) is 6. The van der Waals surface area contributed by atoms with Crippen LogP contribution in [0.2, 0.25) is 0 Å². The fourth-order valence-corrected chi connectivity index (χ4v) is 9.00. The highest BCUT2D eigenvalue weighted by Crippen LogP contribution is 2.59. The summed E-state index contributed by atoms with van der Waals surface area (Å²) in [5.41, 5.74) is 5.98. The van der Waals surface area contributed by atoms with Crippen molar-refractivity contribution in [3.63, 3.8) is 0 Å². The van der Waals surface area contributed by atoms with Gasteiger partial charge in [0.1, 0.15) is 29.2 Å². The quantitative estimate of drug-likeness (QED) is 0.193. The maximum Gasteiger partial charge on any atom is 0.148 e. The number of ether oxygens (including phenoxy) is 3. The summed E-state index contributed by atoms with van der Waals surface area (Å²) in [4.78, 5) is 0. The van der Waals surface area contributed by atoms with E-state index in [0.29, 0.717) is 12.2 Å². The lowest BCUT2D eigenvalue weighted by molar-refractivity contribution is -0.157. The van der Waals surface area contributed by atoms with Gasteiger partial charge in [-0.3, -0.25) is 0 Å². The van der Waals surface area contributed by atoms with Crippen LogP contribution in [0.4, 0.5) is 0 Å². The fraction of sp³-hybridized carbons (Fsp3) is 0.294. The number of aliphatic hydroxyl groups is 3. The van der Waals surface area contributed by atoms with Crippen LogP contribution in [-0.4, -0.2) is 52.9 Å². The van der Waals surface area contributed by atoms with E-state index in [1.807, 2.05) is 42.5 Å². The molecule has 2 fully saturated rings. The van der Waals surface area contributed by atoms with Crippen molar-refractivity contribution in [2.45, 2.75) is 48.5 Å². The van der Waals surface area contributed by atoms with Gasteiger partial charge in [-0.25, -0.2) is 0 Å². The standard InChI is InChI=1S/C34H26Br4O6/c35-16-1-4-20-21-5-2-17(36)8-24(21)33(23(20)7-16)13-28(40)31(15-43-33)44-30-11-19(38)10-26-32(30)22-6-3-18(37)9-25(22)34(26)12-27(39)29(41)14-42-34/h1-11,27-29,31,39-41H,12-15H2. The number of halogens is 4. The number of hydrogen-bond donors (Lipinski definition) is 3. The van der Waals surface area contributed by atoms with Crippen LogP contribution in [0.15, 0.2) is 84.6 Å². The third-order valence-electron chi connectivity index (χ3n) is 9.45. The zero-order valence-electron chi connectivity index (χ0n) is 23.1. The zero-order valence-corrected chi connectivity index (χ0v) is 29.4. The Hall–Kier alpha value is -1.60. The summed E-state index contributed by atoms with van der Waals surface area (Å²) in [5.74, 6) is 0.584. The van der Waals surface area contributed by atoms with Crippen molar-refractivity contribution in [2.75, 3.05) is 13.2 Å². The second kappa shape index (κ2) is 10.7. The molecule has 4 aromatic rings. The molecule has 2 aliphatic carbocycles. The Morgan fingerprint density at radius 1 is 0.568 bits per heavy atom. The van der Waals surface area contributed by atoms with Gasteiger partial charge in [-0.2, -0.15) is 0 Å². The smallest absolute Gasteiger partial charge is 0.148 e. The molecule has 0 radical (unpaired) electrons. The monoisotopic (exact) mass is 846 g/mol. The van der Waals surface area contributed by atoms with E-state index < -0.39 is 35.6 Å². The number of benzene rings is 4. The molecule has 44 heavy (non-hydrogen) atoms. The number of aliphatic hydroxyl groups excluding tert-OH is 3. The van der Waals surface area contributed by atoms with Gasteiger partial charge in [-0.15, -0.1) is 0 Å². The second-order valence-electron chi connectivity index (χ2n) is 11.9. The van der Waals surface area contributed by atoms with Gasteiger partial charge in [0.2, 0.25) is 0 Å². The molecule has 2 saturated heterocycles. The van der Waals surface area contributed by atoms with Gasteiger partial charge in [0.15, 0.2) is 0 Å². The highest BCUT2D eigenvalue weighted by molar-refractivity contribution is 9.11. The molecule has 2 spiro atoms. The van der Waals surface area contributed by atoms with Gasteiger partial charge in [0, 0.05) is 41.9 Å². The summed E-state index contributed by atoms with van der Waals surface area (Å²) >= 11 is 14.5. The van der Waals surface area contributed by atoms with Crippen LogP contribution in [0.25, 0.3) is 22.3 Å². The summed E-state index contributed by atoms with van der Waals surface area (Å²) in [6, 6.07) is 22.3. The molecule has 8 rings (SSSR count). The Morgan fingerprint density at radius 3 is 1.66 bits per heavy atom. The van der Waals surface area contributed by atoms with Gasteiger partial charge in [-0.05, 0) is 81.9 Å². The van der Waals surface area contributed by atoms with Gasteiger partial charge in [-0.1, -0.05) is 81.9 Å². The van der Waals surface area contributed by atoms with Crippen LogP contribution in [0.5, 0.6) is 5.75 Å². The van der Waals surface area contributed by atoms with Crippen molar-refractivity contribution < 1.29 is 29.5 Å². The molecule has 0 amide bonds. The maximum absolute atomic E-state index is 11.8. The molecular formula is C34H26Br4O6. The van der Waals surface area contributed by atoms with E-state index in [1.54, 1.807) is 0 Å². The Kier molecular flexibility index (Phi) is 7.25. The van der Waals surface area contributed by atoms with Crippen LogP contribution in [0.1, 0.15) is 35.1 Å². The maximum atomic E-state index is 11.8. The first-order valence-corrected chi connectivity index (χ1v) is 17.5. The van der Waals surface area contributed by atoms with E-state index in [9.17, 15) is 15.3 Å². The summed E-state index contributed by atoms with van der Waals surface area (Å²) in [6.45, 7) is 0.168. The van der Waals surface area contributed by atoms with E-state index in [1.165, 1.54) is 0 Å². The van der Waals surface area contributed by atoms with Crippen LogP contribution in [-0.2, 0) is 20.7 Å². The van der Waals surface area contributed by atoms with Crippen LogP contribution < -0.4 is 4.74 Å². The minimum absolute atomic E-state index is 0.00169. The van der Waals surface area contributed by atoms with Gasteiger partial charge in [0.05, 0.1) is 25.4 Å². The van der Waals surface area contributed by atoms with E-state index in [0.717, 1.165) is 62.4 Å². The first kappa shape index (κ1) is 29.8. The lowest BCUT2D eigenvalue weighted by atomic mass is 9.82. The van der Waals surface area contributed by atoms with Gasteiger partial charge in [0.25, 0.3) is 0 Å². The average Bonchev–Trinajstić information content (AvgIpc) is 3.38. The predicted molar refractivity (Wildman–Crippen MR) is 180 cm³/mol. The molecule has 2 heterocycles. The molecule has 226 valence electrons. The van der Waals surface area contributed by atoms with Crippen molar-refractivity contribution >= 4 is 63.7 Å². The molecule has 4 aromatic carbocycles. The summed E-state index contributed by atoms with van der Waals surface area (Å²) in [6.07, 6.45) is -2.87. The molecule has 10 heteroatoms. The molecule has 3 N–H and O–H groups in total. The van der Waals surface area contributed by atoms with Crippen molar-refractivity contribution in [1.29, 1.82) is 0 Å². The largest absolute Gasteiger partial charge is 0.485 e. The topological polar surface area (TPSA) is 88.4 Å². The highest BCUT2D eigenvalue weighted by Gasteiger charge is 2.53. The predicted octanol–water partition coefficient (Wildman–Crippen LogP) is 7.56. The minimum atomic E-state index is -0.961. The Morgan fingerprint density at radius 2 is 1.07 bits per heavy atom. The SMILES string of the molecule is OC1COC2(CC1O)c1cc(Br)ccc1-c1c(OC3COC4(CC3O)c3cc(Br)ccc3-c3ccc(Br)cc34)cc(Br)cc12. The van der Waals surface area contributed by atoms with E-state index in [2.05, 4.69) is 88.0 Å². The van der Waals surface area contributed by atoms with E-state index in [-0.39, 0.29) is 19.6 Å². The van der Waals surface area contributed by atoms with Crippen molar-refractivity contribution in [1.82, 2.24) is 0 Å². The van der Waals surface area contributed by atoms with Crippen molar-refractivity contribution in [2.24, 2.45) is 0 Å². The molecule has 0 saturated carbocycles. The lowest BCUT2D eigenvalue weighted by Gasteiger charge is -2.42. The second-order valence-corrected chi connectivity index (χ2v) is 15.6. The number of rotatable bonds is 2. The molecule has 0 bridgehead atoms.